The number of amides is 1. The predicted molar refractivity (Wildman–Crippen MR) is 94.0 cm³/mol. The summed E-state index contributed by atoms with van der Waals surface area (Å²) in [6.45, 7) is 0. The van der Waals surface area contributed by atoms with E-state index in [1.165, 1.54) is 18.7 Å². The summed E-state index contributed by atoms with van der Waals surface area (Å²) < 4.78 is 4.61. The van der Waals surface area contributed by atoms with Crippen molar-refractivity contribution in [2.75, 3.05) is 7.11 Å². The number of nitrogens with zero attached hydrogens (tertiary/aromatic N) is 1. The molecule has 0 heterocycles. The summed E-state index contributed by atoms with van der Waals surface area (Å²) in [4.78, 5) is 34.9. The minimum absolute atomic E-state index is 0.0316. The number of nitro groups is 1. The van der Waals surface area contributed by atoms with E-state index in [0.29, 0.717) is 0 Å². The molecule has 0 radical (unpaired) electrons. The fourth-order valence-corrected chi connectivity index (χ4v) is 3.23. The van der Waals surface area contributed by atoms with Crippen molar-refractivity contribution in [3.8, 4) is 0 Å². The molecule has 0 aromatic heterocycles. The third-order valence-electron chi connectivity index (χ3n) is 4.49. The number of non-ortho nitro benzene ring substituents is 1. The van der Waals surface area contributed by atoms with Gasteiger partial charge in [0.15, 0.2) is 0 Å². The Bertz CT molecular complexity index is 878. The van der Waals surface area contributed by atoms with Gasteiger partial charge in [0.2, 0.25) is 0 Å². The Morgan fingerprint density at radius 1 is 1.19 bits per heavy atom. The molecule has 134 valence electrons. The second-order valence-corrected chi connectivity index (χ2v) is 6.13. The molecule has 0 saturated heterocycles. The lowest BCUT2D eigenvalue weighted by Crippen LogP contribution is -2.31. The lowest BCUT2D eigenvalue weighted by molar-refractivity contribution is -0.384. The van der Waals surface area contributed by atoms with Crippen LogP contribution in [0.25, 0.3) is 0 Å². The van der Waals surface area contributed by atoms with E-state index in [0.717, 1.165) is 37.0 Å². The summed E-state index contributed by atoms with van der Waals surface area (Å²) in [5.74, 6) is -1.19. The van der Waals surface area contributed by atoms with Crippen LogP contribution in [0.2, 0.25) is 0 Å². The van der Waals surface area contributed by atoms with Crippen LogP contribution in [0.4, 0.5) is 5.69 Å². The van der Waals surface area contributed by atoms with E-state index in [9.17, 15) is 19.7 Å². The number of fused-ring (bicyclic) bond motifs is 1. The number of carbonyl (C=O) groups excluding carboxylic acids is 2. The number of benzene rings is 2. The largest absolute Gasteiger partial charge is 0.465 e. The van der Waals surface area contributed by atoms with Crippen molar-refractivity contribution in [1.29, 1.82) is 0 Å². The number of nitrogens with one attached hydrogen (secondary N) is 1. The summed E-state index contributed by atoms with van der Waals surface area (Å²) in [5.41, 5.74) is 1.95. The molecule has 7 nitrogen and oxygen atoms in total. The first kappa shape index (κ1) is 17.6. The maximum absolute atomic E-state index is 12.7. The van der Waals surface area contributed by atoms with Crippen LogP contribution in [0, 0.1) is 10.1 Å². The van der Waals surface area contributed by atoms with Gasteiger partial charge in [-0.25, -0.2) is 4.79 Å². The highest BCUT2D eigenvalue weighted by Gasteiger charge is 2.24. The van der Waals surface area contributed by atoms with E-state index in [4.69, 9.17) is 0 Å². The number of hydrogen-bond acceptors (Lipinski definition) is 5. The van der Waals surface area contributed by atoms with Crippen LogP contribution < -0.4 is 5.32 Å². The molecule has 2 aromatic rings. The monoisotopic (exact) mass is 354 g/mol. The Morgan fingerprint density at radius 2 is 1.92 bits per heavy atom. The van der Waals surface area contributed by atoms with E-state index in [1.807, 2.05) is 24.3 Å². The molecule has 1 unspecified atom stereocenters. The smallest absolute Gasteiger partial charge is 0.338 e. The van der Waals surface area contributed by atoms with Crippen LogP contribution in [0.1, 0.15) is 50.7 Å². The Balaban J connectivity index is 1.90. The fourth-order valence-electron chi connectivity index (χ4n) is 3.23. The molecule has 2 aromatic carbocycles. The van der Waals surface area contributed by atoms with Gasteiger partial charge in [-0.2, -0.15) is 0 Å². The summed E-state index contributed by atoms with van der Waals surface area (Å²) in [6, 6.07) is 11.3. The van der Waals surface area contributed by atoms with Gasteiger partial charge in [-0.1, -0.05) is 24.3 Å². The average molecular weight is 354 g/mol. The first-order valence-corrected chi connectivity index (χ1v) is 8.26. The zero-order valence-corrected chi connectivity index (χ0v) is 14.2. The molecule has 1 aliphatic carbocycles. The minimum Gasteiger partial charge on any atom is -0.465 e. The number of carbonyl (C=O) groups is 2. The van der Waals surface area contributed by atoms with Gasteiger partial charge in [0, 0.05) is 17.7 Å². The van der Waals surface area contributed by atoms with Crippen molar-refractivity contribution in [1.82, 2.24) is 5.32 Å². The molecule has 0 spiro atoms. The van der Waals surface area contributed by atoms with Crippen LogP contribution >= 0.6 is 0 Å². The molecule has 1 aliphatic rings. The zero-order valence-electron chi connectivity index (χ0n) is 14.2. The second kappa shape index (κ2) is 7.35. The van der Waals surface area contributed by atoms with Crippen LogP contribution in [0.5, 0.6) is 0 Å². The predicted octanol–water partition coefficient (Wildman–Crippen LogP) is 3.19. The molecule has 0 bridgehead atoms. The SMILES string of the molecule is COC(=O)c1cc(C(=O)NC2CCCc3ccccc32)cc([N+](=O)[O-])c1. The maximum atomic E-state index is 12.7. The summed E-state index contributed by atoms with van der Waals surface area (Å²) >= 11 is 0. The number of rotatable bonds is 4. The molecule has 1 atom stereocenters. The molecule has 7 heteroatoms. The van der Waals surface area contributed by atoms with Gasteiger partial charge in [-0.3, -0.25) is 14.9 Å². The van der Waals surface area contributed by atoms with Crippen molar-refractivity contribution in [2.24, 2.45) is 0 Å². The topological polar surface area (TPSA) is 98.5 Å². The van der Waals surface area contributed by atoms with Crippen LogP contribution in [0.3, 0.4) is 0 Å². The molecule has 0 aliphatic heterocycles. The molecular weight excluding hydrogens is 336 g/mol. The van der Waals surface area contributed by atoms with Gasteiger partial charge in [0.05, 0.1) is 23.6 Å². The number of esters is 1. The third kappa shape index (κ3) is 3.56. The Labute approximate surface area is 150 Å². The molecule has 0 saturated carbocycles. The van der Waals surface area contributed by atoms with E-state index in [1.54, 1.807) is 0 Å². The van der Waals surface area contributed by atoms with Crippen molar-refractivity contribution in [2.45, 2.75) is 25.3 Å². The second-order valence-electron chi connectivity index (χ2n) is 6.13. The van der Waals surface area contributed by atoms with E-state index in [2.05, 4.69) is 10.1 Å². The van der Waals surface area contributed by atoms with Gasteiger partial charge in [0.25, 0.3) is 11.6 Å². The highest BCUT2D eigenvalue weighted by molar-refractivity contribution is 5.99. The van der Waals surface area contributed by atoms with Crippen LogP contribution in [0.15, 0.2) is 42.5 Å². The molecule has 0 fully saturated rings. The molecule has 26 heavy (non-hydrogen) atoms. The standard InChI is InChI=1S/C19H18N2O5/c1-26-19(23)14-9-13(10-15(11-14)21(24)25)18(22)20-17-8-4-6-12-5-2-3-7-16(12)17/h2-3,5,7,9-11,17H,4,6,8H2,1H3,(H,20,22). The van der Waals surface area contributed by atoms with E-state index in [-0.39, 0.29) is 22.9 Å². The van der Waals surface area contributed by atoms with Crippen molar-refractivity contribution >= 4 is 17.6 Å². The highest BCUT2D eigenvalue weighted by atomic mass is 16.6. The van der Waals surface area contributed by atoms with E-state index < -0.39 is 16.8 Å². The van der Waals surface area contributed by atoms with Gasteiger partial charge < -0.3 is 10.1 Å². The molecule has 3 rings (SSSR count). The van der Waals surface area contributed by atoms with Gasteiger partial charge >= 0.3 is 5.97 Å². The Kier molecular flexibility index (Phi) is 4.97. The molecular formula is C19H18N2O5. The first-order chi connectivity index (χ1) is 12.5. The number of hydrogen-bond donors (Lipinski definition) is 1. The van der Waals surface area contributed by atoms with Gasteiger partial charge in [-0.05, 0) is 36.5 Å². The van der Waals surface area contributed by atoms with Crippen molar-refractivity contribution in [3.05, 3.63) is 74.8 Å². The third-order valence-corrected chi connectivity index (χ3v) is 4.49. The Morgan fingerprint density at radius 3 is 2.65 bits per heavy atom. The maximum Gasteiger partial charge on any atom is 0.338 e. The van der Waals surface area contributed by atoms with E-state index >= 15 is 0 Å². The summed E-state index contributed by atoms with van der Waals surface area (Å²) in [6.07, 6.45) is 2.71. The lowest BCUT2D eigenvalue weighted by atomic mass is 9.87. The number of ether oxygens (including phenoxy) is 1. The van der Waals surface area contributed by atoms with Crippen LogP contribution in [-0.4, -0.2) is 23.9 Å². The highest BCUT2D eigenvalue weighted by Crippen LogP contribution is 2.30. The summed E-state index contributed by atoms with van der Waals surface area (Å²) in [7, 11) is 1.18. The summed E-state index contributed by atoms with van der Waals surface area (Å²) in [5, 5.41) is 14.0. The zero-order chi connectivity index (χ0) is 18.7. The lowest BCUT2D eigenvalue weighted by Gasteiger charge is -2.26. The number of methoxy groups -OCH3 is 1. The van der Waals surface area contributed by atoms with Crippen molar-refractivity contribution < 1.29 is 19.2 Å². The van der Waals surface area contributed by atoms with Crippen LogP contribution in [-0.2, 0) is 11.2 Å². The average Bonchev–Trinajstić information content (AvgIpc) is 2.67. The van der Waals surface area contributed by atoms with Gasteiger partial charge in [0.1, 0.15) is 0 Å². The quantitative estimate of drug-likeness (QED) is 0.516. The molecule has 1 N–H and O–H groups in total. The molecule has 1 amide bonds. The fraction of sp³-hybridized carbons (Fsp3) is 0.263. The number of nitro benzene ring substituents is 1. The first-order valence-electron chi connectivity index (χ1n) is 8.26. The van der Waals surface area contributed by atoms with Gasteiger partial charge in [-0.15, -0.1) is 0 Å². The normalized spacial score (nSPS) is 15.7. The van der Waals surface area contributed by atoms with Crippen molar-refractivity contribution in [3.63, 3.8) is 0 Å². The Hall–Kier alpha value is -3.22. The minimum atomic E-state index is -0.731. The number of aryl methyl sites for hydroxylation is 1.